The number of likely N-dealkylation sites (N-methyl/N-ethyl adjacent to an activating group) is 1. The summed E-state index contributed by atoms with van der Waals surface area (Å²) in [7, 11) is -3.31. The molecule has 1 saturated carbocycles. The minimum Gasteiger partial charge on any atom is -0.329 e. The van der Waals surface area contributed by atoms with E-state index >= 15 is 0 Å². The van der Waals surface area contributed by atoms with Crippen molar-refractivity contribution in [1.82, 2.24) is 4.31 Å². The molecule has 0 spiro atoms. The maximum atomic E-state index is 12.7. The van der Waals surface area contributed by atoms with Crippen molar-refractivity contribution in [3.63, 3.8) is 0 Å². The van der Waals surface area contributed by atoms with Crippen LogP contribution in [-0.4, -0.2) is 36.1 Å². The van der Waals surface area contributed by atoms with Gasteiger partial charge in [-0.25, -0.2) is 8.42 Å². The minimum atomic E-state index is -3.31. The van der Waals surface area contributed by atoms with Crippen molar-refractivity contribution < 1.29 is 8.42 Å². The summed E-state index contributed by atoms with van der Waals surface area (Å²) in [6.45, 7) is 8.14. The molecule has 1 aliphatic rings. The highest BCUT2D eigenvalue weighted by atomic mass is 32.2. The van der Waals surface area contributed by atoms with Gasteiger partial charge in [-0.3, -0.25) is 0 Å². The third kappa shape index (κ3) is 2.73. The lowest BCUT2D eigenvalue weighted by atomic mass is 9.81. The molecule has 2 N–H and O–H groups in total. The predicted octanol–water partition coefficient (Wildman–Crippen LogP) is 2.10. The van der Waals surface area contributed by atoms with Crippen LogP contribution in [-0.2, 0) is 10.0 Å². The lowest BCUT2D eigenvalue weighted by Crippen LogP contribution is -2.60. The summed E-state index contributed by atoms with van der Waals surface area (Å²) in [5.41, 5.74) is 5.60. The fraction of sp³-hybridized carbons (Fsp3) is 1.00. The molecule has 0 heterocycles. The molecule has 1 aliphatic carbocycles. The number of hydrogen-bond donors (Lipinski definition) is 1. The highest BCUT2D eigenvalue weighted by Gasteiger charge is 2.46. The van der Waals surface area contributed by atoms with Crippen molar-refractivity contribution in [2.75, 3.05) is 13.1 Å². The molecule has 0 radical (unpaired) electrons. The molecule has 0 saturated heterocycles. The molecule has 1 fully saturated rings. The third-order valence-corrected chi connectivity index (χ3v) is 6.82. The van der Waals surface area contributed by atoms with Crippen LogP contribution in [0.5, 0.6) is 0 Å². The highest BCUT2D eigenvalue weighted by molar-refractivity contribution is 7.90. The second-order valence-electron chi connectivity index (χ2n) is 6.27. The summed E-state index contributed by atoms with van der Waals surface area (Å²) in [4.78, 5) is 0. The first kappa shape index (κ1) is 15.9. The van der Waals surface area contributed by atoms with Gasteiger partial charge < -0.3 is 5.73 Å². The summed E-state index contributed by atoms with van der Waals surface area (Å²) in [6, 6.07) is 0. The van der Waals surface area contributed by atoms with Crippen LogP contribution < -0.4 is 5.73 Å². The Morgan fingerprint density at radius 3 is 2.00 bits per heavy atom. The Balaban J connectivity index is 3.15. The lowest BCUT2D eigenvalue weighted by Gasteiger charge is -2.46. The standard InChI is InChI=1S/C13H28N2O2S/c1-5-15(18(16,17)12(2,3)4)13(11-14)9-7-6-8-10-13/h5-11,14H2,1-4H3. The zero-order valence-corrected chi connectivity index (χ0v) is 13.0. The number of nitrogens with zero attached hydrogens (tertiary/aromatic N) is 1. The van der Waals surface area contributed by atoms with E-state index in [0.29, 0.717) is 13.1 Å². The number of hydrogen-bond acceptors (Lipinski definition) is 3. The van der Waals surface area contributed by atoms with E-state index < -0.39 is 14.8 Å². The van der Waals surface area contributed by atoms with Crippen LogP contribution in [0.3, 0.4) is 0 Å². The van der Waals surface area contributed by atoms with E-state index in [2.05, 4.69) is 0 Å². The van der Waals surface area contributed by atoms with Crippen LogP contribution in [0.15, 0.2) is 0 Å². The molecule has 0 atom stereocenters. The van der Waals surface area contributed by atoms with Gasteiger partial charge in [0.15, 0.2) is 0 Å². The first-order valence-corrected chi connectivity index (χ1v) is 8.38. The van der Waals surface area contributed by atoms with E-state index in [0.717, 1.165) is 25.7 Å². The molecule has 4 nitrogen and oxygen atoms in total. The average molecular weight is 276 g/mol. The maximum Gasteiger partial charge on any atom is 0.219 e. The van der Waals surface area contributed by atoms with E-state index in [1.807, 2.05) is 6.92 Å². The quantitative estimate of drug-likeness (QED) is 0.855. The lowest BCUT2D eigenvalue weighted by molar-refractivity contribution is 0.138. The van der Waals surface area contributed by atoms with Crippen LogP contribution in [0.25, 0.3) is 0 Å². The Hall–Kier alpha value is -0.130. The van der Waals surface area contributed by atoms with Crippen molar-refractivity contribution in [2.45, 2.75) is 70.1 Å². The second-order valence-corrected chi connectivity index (χ2v) is 8.89. The van der Waals surface area contributed by atoms with Crippen LogP contribution in [0.4, 0.5) is 0 Å². The van der Waals surface area contributed by atoms with E-state index in [-0.39, 0.29) is 5.54 Å². The first-order valence-electron chi connectivity index (χ1n) is 6.94. The molecule has 108 valence electrons. The molecule has 0 amide bonds. The van der Waals surface area contributed by atoms with Crippen molar-refractivity contribution >= 4 is 10.0 Å². The van der Waals surface area contributed by atoms with Crippen LogP contribution in [0.2, 0.25) is 0 Å². The van der Waals surface area contributed by atoms with Crippen LogP contribution in [0.1, 0.15) is 59.8 Å². The Morgan fingerprint density at radius 1 is 1.17 bits per heavy atom. The molecular formula is C13H28N2O2S. The zero-order valence-electron chi connectivity index (χ0n) is 12.2. The minimum absolute atomic E-state index is 0.348. The molecule has 18 heavy (non-hydrogen) atoms. The summed E-state index contributed by atoms with van der Waals surface area (Å²) in [5.74, 6) is 0. The van der Waals surface area contributed by atoms with E-state index in [1.54, 1.807) is 25.1 Å². The summed E-state index contributed by atoms with van der Waals surface area (Å²) < 4.78 is 26.4. The molecule has 1 rings (SSSR count). The number of sulfonamides is 1. The van der Waals surface area contributed by atoms with Gasteiger partial charge in [0.1, 0.15) is 0 Å². The van der Waals surface area contributed by atoms with Gasteiger partial charge in [-0.15, -0.1) is 0 Å². The van der Waals surface area contributed by atoms with Gasteiger partial charge in [0, 0.05) is 18.6 Å². The predicted molar refractivity (Wildman–Crippen MR) is 75.9 cm³/mol. The van der Waals surface area contributed by atoms with Gasteiger partial charge in [0.25, 0.3) is 0 Å². The first-order chi connectivity index (χ1) is 8.21. The molecular weight excluding hydrogens is 248 g/mol. The molecule has 0 aromatic rings. The third-order valence-electron chi connectivity index (χ3n) is 4.04. The number of rotatable bonds is 4. The molecule has 0 bridgehead atoms. The smallest absolute Gasteiger partial charge is 0.219 e. The Labute approximate surface area is 112 Å². The summed E-state index contributed by atoms with van der Waals surface area (Å²) in [5, 5.41) is 0. The van der Waals surface area contributed by atoms with Gasteiger partial charge in [-0.1, -0.05) is 26.2 Å². The van der Waals surface area contributed by atoms with E-state index in [1.165, 1.54) is 6.42 Å². The maximum absolute atomic E-state index is 12.7. The highest BCUT2D eigenvalue weighted by Crippen LogP contribution is 2.37. The largest absolute Gasteiger partial charge is 0.329 e. The topological polar surface area (TPSA) is 63.4 Å². The Morgan fingerprint density at radius 2 is 1.67 bits per heavy atom. The van der Waals surface area contributed by atoms with Gasteiger partial charge >= 0.3 is 0 Å². The van der Waals surface area contributed by atoms with Gasteiger partial charge in [-0.05, 0) is 33.6 Å². The van der Waals surface area contributed by atoms with Crippen LogP contribution >= 0.6 is 0 Å². The van der Waals surface area contributed by atoms with Crippen molar-refractivity contribution in [3.05, 3.63) is 0 Å². The molecule has 0 aliphatic heterocycles. The van der Waals surface area contributed by atoms with Crippen LogP contribution in [0, 0.1) is 0 Å². The molecule has 0 unspecified atom stereocenters. The zero-order chi connectivity index (χ0) is 14.0. The molecule has 0 aromatic heterocycles. The fourth-order valence-electron chi connectivity index (χ4n) is 2.86. The number of nitrogens with two attached hydrogens (primary N) is 1. The SMILES string of the molecule is CCN(C1(CN)CCCCC1)S(=O)(=O)C(C)(C)C. The molecule has 5 heteroatoms. The molecule has 0 aromatic carbocycles. The average Bonchev–Trinajstić information content (AvgIpc) is 2.29. The van der Waals surface area contributed by atoms with E-state index in [9.17, 15) is 8.42 Å². The monoisotopic (exact) mass is 276 g/mol. The fourth-order valence-corrected chi connectivity index (χ4v) is 4.62. The second kappa shape index (κ2) is 5.47. The Bertz CT molecular complexity index is 365. The normalized spacial score (nSPS) is 21.2. The van der Waals surface area contributed by atoms with Crippen molar-refractivity contribution in [1.29, 1.82) is 0 Å². The van der Waals surface area contributed by atoms with Crippen molar-refractivity contribution in [2.24, 2.45) is 5.73 Å². The Kier molecular flexibility index (Phi) is 4.84. The van der Waals surface area contributed by atoms with Crippen molar-refractivity contribution in [3.8, 4) is 0 Å². The summed E-state index contributed by atoms with van der Waals surface area (Å²) >= 11 is 0. The van der Waals surface area contributed by atoms with Gasteiger partial charge in [-0.2, -0.15) is 4.31 Å². The summed E-state index contributed by atoms with van der Waals surface area (Å²) in [6.07, 6.45) is 5.13. The van der Waals surface area contributed by atoms with Gasteiger partial charge in [0.2, 0.25) is 10.0 Å². The van der Waals surface area contributed by atoms with E-state index in [4.69, 9.17) is 5.73 Å². The van der Waals surface area contributed by atoms with Gasteiger partial charge in [0.05, 0.1) is 4.75 Å².